The Kier molecular flexibility index (Phi) is 3.69. The number of imidazole rings is 1. The Labute approximate surface area is 140 Å². The summed E-state index contributed by atoms with van der Waals surface area (Å²) in [5.41, 5.74) is 2.96. The van der Waals surface area contributed by atoms with E-state index in [1.165, 1.54) is 0 Å². The van der Waals surface area contributed by atoms with E-state index in [1.807, 2.05) is 31.5 Å². The van der Waals surface area contributed by atoms with Crippen molar-refractivity contribution in [1.29, 1.82) is 0 Å². The van der Waals surface area contributed by atoms with Crippen molar-refractivity contribution < 1.29 is 4.39 Å². The lowest BCUT2D eigenvalue weighted by Gasteiger charge is -2.33. The first-order chi connectivity index (χ1) is 11.6. The zero-order chi connectivity index (χ0) is 16.7. The van der Waals surface area contributed by atoms with Crippen LogP contribution >= 0.6 is 0 Å². The molecular formula is C18H20FN5. The van der Waals surface area contributed by atoms with Crippen molar-refractivity contribution in [3.05, 3.63) is 48.3 Å². The number of piperazine rings is 1. The van der Waals surface area contributed by atoms with Gasteiger partial charge in [-0.3, -0.25) is 0 Å². The van der Waals surface area contributed by atoms with Crippen LogP contribution in [0.1, 0.15) is 5.69 Å². The van der Waals surface area contributed by atoms with Gasteiger partial charge in [0.1, 0.15) is 5.82 Å². The van der Waals surface area contributed by atoms with Gasteiger partial charge in [-0.15, -0.1) is 0 Å². The first-order valence-corrected chi connectivity index (χ1v) is 8.15. The molecule has 0 unspecified atom stereocenters. The predicted molar refractivity (Wildman–Crippen MR) is 92.8 cm³/mol. The van der Waals surface area contributed by atoms with Crippen molar-refractivity contribution in [3.63, 3.8) is 0 Å². The summed E-state index contributed by atoms with van der Waals surface area (Å²) in [5, 5.41) is 0. The molecule has 1 aliphatic rings. The zero-order valence-corrected chi connectivity index (χ0v) is 13.9. The molecule has 0 aromatic carbocycles. The number of aryl methyl sites for hydroxylation is 1. The predicted octanol–water partition coefficient (Wildman–Crippen LogP) is 2.60. The topological polar surface area (TPSA) is 36.7 Å². The van der Waals surface area contributed by atoms with E-state index in [4.69, 9.17) is 0 Å². The number of likely N-dealkylation sites (N-methyl/N-ethyl adjacent to an activating group) is 1. The Bertz CT molecular complexity index is 880. The number of hydrogen-bond donors (Lipinski definition) is 0. The van der Waals surface area contributed by atoms with Crippen molar-refractivity contribution in [2.75, 3.05) is 38.1 Å². The highest BCUT2D eigenvalue weighted by Gasteiger charge is 2.16. The summed E-state index contributed by atoms with van der Waals surface area (Å²) in [4.78, 5) is 13.3. The quantitative estimate of drug-likeness (QED) is 0.726. The second-order valence-electron chi connectivity index (χ2n) is 6.38. The van der Waals surface area contributed by atoms with Gasteiger partial charge in [0.2, 0.25) is 0 Å². The van der Waals surface area contributed by atoms with Crippen molar-refractivity contribution in [1.82, 2.24) is 19.3 Å². The fraction of sp³-hybridized carbons (Fsp3) is 0.333. The summed E-state index contributed by atoms with van der Waals surface area (Å²) in [6.45, 7) is 5.84. The van der Waals surface area contributed by atoms with Crippen LogP contribution in [0, 0.1) is 12.7 Å². The normalized spacial score (nSPS) is 16.0. The number of hydrogen-bond acceptors (Lipinski definition) is 4. The van der Waals surface area contributed by atoms with Crippen LogP contribution in [0.25, 0.3) is 16.8 Å². The van der Waals surface area contributed by atoms with E-state index < -0.39 is 0 Å². The molecule has 0 aliphatic carbocycles. The average molecular weight is 325 g/mol. The third-order valence-electron chi connectivity index (χ3n) is 4.53. The molecule has 3 aromatic rings. The molecule has 0 spiro atoms. The van der Waals surface area contributed by atoms with Crippen LogP contribution in [0.5, 0.6) is 0 Å². The van der Waals surface area contributed by atoms with Gasteiger partial charge >= 0.3 is 0 Å². The number of rotatable bonds is 2. The number of anilines is 1. The summed E-state index contributed by atoms with van der Waals surface area (Å²) in [6.07, 6.45) is 5.55. The highest BCUT2D eigenvalue weighted by Crippen LogP contribution is 2.25. The minimum Gasteiger partial charge on any atom is -0.354 e. The number of pyridine rings is 2. The summed E-state index contributed by atoms with van der Waals surface area (Å²) in [6, 6.07) is 5.50. The Hall–Kier alpha value is -2.47. The molecule has 0 N–H and O–H groups in total. The van der Waals surface area contributed by atoms with Crippen LogP contribution < -0.4 is 4.90 Å². The molecule has 4 heterocycles. The molecule has 3 aromatic heterocycles. The van der Waals surface area contributed by atoms with Crippen LogP contribution in [0.4, 0.5) is 10.2 Å². The maximum Gasteiger partial charge on any atom is 0.173 e. The fourth-order valence-corrected chi connectivity index (χ4v) is 3.14. The van der Waals surface area contributed by atoms with Crippen LogP contribution in [-0.4, -0.2) is 52.5 Å². The zero-order valence-electron chi connectivity index (χ0n) is 13.9. The first kappa shape index (κ1) is 15.1. The van der Waals surface area contributed by atoms with E-state index in [0.717, 1.165) is 48.8 Å². The monoisotopic (exact) mass is 325 g/mol. The van der Waals surface area contributed by atoms with Gasteiger partial charge in [0.05, 0.1) is 5.69 Å². The molecule has 4 rings (SSSR count). The van der Waals surface area contributed by atoms with Gasteiger partial charge in [0.25, 0.3) is 0 Å². The molecular weight excluding hydrogens is 305 g/mol. The van der Waals surface area contributed by atoms with E-state index >= 15 is 0 Å². The SMILES string of the molecule is Cc1cn2cc(-c3ccnc(N4CCN(C)CC4)c3)cc(F)c2n1. The van der Waals surface area contributed by atoms with Crippen LogP contribution in [0.3, 0.4) is 0 Å². The molecule has 24 heavy (non-hydrogen) atoms. The van der Waals surface area contributed by atoms with Gasteiger partial charge in [-0.1, -0.05) is 0 Å². The van der Waals surface area contributed by atoms with Crippen LogP contribution in [0.2, 0.25) is 0 Å². The Morgan fingerprint density at radius 1 is 1.04 bits per heavy atom. The number of aromatic nitrogens is 3. The van der Waals surface area contributed by atoms with Gasteiger partial charge in [-0.2, -0.15) is 0 Å². The summed E-state index contributed by atoms with van der Waals surface area (Å²) >= 11 is 0. The maximum absolute atomic E-state index is 14.3. The van der Waals surface area contributed by atoms with E-state index in [-0.39, 0.29) is 5.82 Å². The smallest absolute Gasteiger partial charge is 0.173 e. The molecule has 5 nitrogen and oxygen atoms in total. The summed E-state index contributed by atoms with van der Waals surface area (Å²) < 4.78 is 16.1. The lowest BCUT2D eigenvalue weighted by molar-refractivity contribution is 0.312. The number of fused-ring (bicyclic) bond motifs is 1. The number of nitrogens with zero attached hydrogens (tertiary/aromatic N) is 5. The third kappa shape index (κ3) is 2.73. The van der Waals surface area contributed by atoms with Crippen molar-refractivity contribution in [3.8, 4) is 11.1 Å². The first-order valence-electron chi connectivity index (χ1n) is 8.15. The van der Waals surface area contributed by atoms with Crippen molar-refractivity contribution in [2.24, 2.45) is 0 Å². The van der Waals surface area contributed by atoms with Gasteiger partial charge < -0.3 is 14.2 Å². The Morgan fingerprint density at radius 3 is 2.62 bits per heavy atom. The molecule has 0 bridgehead atoms. The molecule has 6 heteroatoms. The molecule has 1 aliphatic heterocycles. The molecule has 124 valence electrons. The standard InChI is InChI=1S/C18H20FN5/c1-13-11-24-12-15(9-16(19)18(24)21-13)14-3-4-20-17(10-14)23-7-5-22(2)6-8-23/h3-4,9-12H,5-8H2,1-2H3. The van der Waals surface area contributed by atoms with Gasteiger partial charge in [-0.25, -0.2) is 14.4 Å². The second-order valence-corrected chi connectivity index (χ2v) is 6.38. The Balaban J connectivity index is 1.70. The van der Waals surface area contributed by atoms with E-state index in [1.54, 1.807) is 16.7 Å². The average Bonchev–Trinajstić information content (AvgIpc) is 2.97. The Morgan fingerprint density at radius 2 is 1.83 bits per heavy atom. The largest absolute Gasteiger partial charge is 0.354 e. The van der Waals surface area contributed by atoms with Crippen LogP contribution in [0.15, 0.2) is 36.8 Å². The highest BCUT2D eigenvalue weighted by molar-refractivity contribution is 5.68. The van der Waals surface area contributed by atoms with Crippen molar-refractivity contribution >= 4 is 11.5 Å². The van der Waals surface area contributed by atoms with E-state index in [0.29, 0.717) is 5.65 Å². The maximum atomic E-state index is 14.3. The van der Waals surface area contributed by atoms with Gasteiger partial charge in [0.15, 0.2) is 11.5 Å². The molecule has 0 radical (unpaired) electrons. The lowest BCUT2D eigenvalue weighted by atomic mass is 10.1. The molecule has 0 atom stereocenters. The number of halogens is 1. The highest BCUT2D eigenvalue weighted by atomic mass is 19.1. The molecule has 0 amide bonds. The summed E-state index contributed by atoms with van der Waals surface area (Å²) in [5.74, 6) is 0.640. The minimum atomic E-state index is -0.307. The molecule has 1 saturated heterocycles. The fourth-order valence-electron chi connectivity index (χ4n) is 3.14. The second kappa shape index (κ2) is 5.87. The van der Waals surface area contributed by atoms with E-state index in [9.17, 15) is 4.39 Å². The van der Waals surface area contributed by atoms with E-state index in [2.05, 4.69) is 26.8 Å². The van der Waals surface area contributed by atoms with Gasteiger partial charge in [0, 0.05) is 50.3 Å². The van der Waals surface area contributed by atoms with Crippen molar-refractivity contribution in [2.45, 2.75) is 6.92 Å². The molecule has 0 saturated carbocycles. The third-order valence-corrected chi connectivity index (χ3v) is 4.53. The minimum absolute atomic E-state index is 0.307. The van der Waals surface area contributed by atoms with Gasteiger partial charge in [-0.05, 0) is 37.7 Å². The summed E-state index contributed by atoms with van der Waals surface area (Å²) in [7, 11) is 2.13. The molecule has 1 fully saturated rings. The lowest BCUT2D eigenvalue weighted by Crippen LogP contribution is -2.44. The van der Waals surface area contributed by atoms with Crippen LogP contribution in [-0.2, 0) is 0 Å².